The Morgan fingerprint density at radius 2 is 2.00 bits per heavy atom. The summed E-state index contributed by atoms with van der Waals surface area (Å²) in [6.07, 6.45) is 1.67. The Balaban J connectivity index is 1.99. The van der Waals surface area contributed by atoms with Crippen LogP contribution in [0.5, 0.6) is 5.75 Å². The quantitative estimate of drug-likeness (QED) is 0.762. The van der Waals surface area contributed by atoms with Gasteiger partial charge in [0.2, 0.25) is 0 Å². The maximum atomic E-state index is 12.5. The maximum Gasteiger partial charge on any atom is 0.259 e. The fraction of sp³-hybridized carbons (Fsp3) is 0.0588. The van der Waals surface area contributed by atoms with E-state index in [-0.39, 0.29) is 5.91 Å². The minimum atomic E-state index is -0.218. The van der Waals surface area contributed by atoms with Gasteiger partial charge in [-0.25, -0.2) is 0 Å². The Morgan fingerprint density at radius 3 is 2.82 bits per heavy atom. The smallest absolute Gasteiger partial charge is 0.259 e. The second kappa shape index (κ2) is 6.15. The number of nitrogens with one attached hydrogen (secondary N) is 1. The molecule has 0 aliphatic rings. The van der Waals surface area contributed by atoms with E-state index in [9.17, 15) is 4.79 Å². The minimum absolute atomic E-state index is 0.218. The SMILES string of the molecule is COc1ccccc1C(=O)Nc1ccnc2ccc(Br)cc12. The normalized spacial score (nSPS) is 10.5. The lowest BCUT2D eigenvalue weighted by Gasteiger charge is -2.11. The van der Waals surface area contributed by atoms with Crippen molar-refractivity contribution < 1.29 is 9.53 Å². The van der Waals surface area contributed by atoms with Crippen molar-refractivity contribution in [2.45, 2.75) is 0 Å². The van der Waals surface area contributed by atoms with Gasteiger partial charge in [0.25, 0.3) is 5.91 Å². The third-order valence-corrected chi connectivity index (χ3v) is 3.80. The number of carbonyl (C=O) groups is 1. The van der Waals surface area contributed by atoms with Gasteiger partial charge in [-0.15, -0.1) is 0 Å². The van der Waals surface area contributed by atoms with Crippen LogP contribution in [0.3, 0.4) is 0 Å². The lowest BCUT2D eigenvalue weighted by atomic mass is 10.1. The first-order valence-corrected chi connectivity index (χ1v) is 7.47. The van der Waals surface area contributed by atoms with Gasteiger partial charge in [-0.3, -0.25) is 9.78 Å². The Kier molecular flexibility index (Phi) is 4.06. The number of aromatic nitrogens is 1. The number of nitrogens with zero attached hydrogens (tertiary/aromatic N) is 1. The lowest BCUT2D eigenvalue weighted by Crippen LogP contribution is -2.13. The molecule has 0 aliphatic carbocycles. The molecule has 5 heteroatoms. The number of para-hydroxylation sites is 1. The van der Waals surface area contributed by atoms with E-state index in [0.717, 1.165) is 15.4 Å². The second-order valence-electron chi connectivity index (χ2n) is 4.67. The summed E-state index contributed by atoms with van der Waals surface area (Å²) in [6.45, 7) is 0. The number of hydrogen-bond donors (Lipinski definition) is 1. The molecule has 110 valence electrons. The van der Waals surface area contributed by atoms with Crippen LogP contribution >= 0.6 is 15.9 Å². The maximum absolute atomic E-state index is 12.5. The van der Waals surface area contributed by atoms with Gasteiger partial charge in [-0.05, 0) is 36.4 Å². The topological polar surface area (TPSA) is 51.2 Å². The van der Waals surface area contributed by atoms with E-state index in [4.69, 9.17) is 4.74 Å². The molecular formula is C17H13BrN2O2. The molecule has 1 N–H and O–H groups in total. The first kappa shape index (κ1) is 14.5. The van der Waals surface area contributed by atoms with E-state index in [0.29, 0.717) is 17.0 Å². The molecule has 3 rings (SSSR count). The van der Waals surface area contributed by atoms with Gasteiger partial charge in [-0.2, -0.15) is 0 Å². The molecule has 4 nitrogen and oxygen atoms in total. The number of methoxy groups -OCH3 is 1. The van der Waals surface area contributed by atoms with Crippen molar-refractivity contribution >= 4 is 38.4 Å². The molecule has 0 fully saturated rings. The standard InChI is InChI=1S/C17H13BrN2O2/c1-22-16-5-3-2-4-12(16)17(21)20-15-8-9-19-14-7-6-11(18)10-13(14)15/h2-10H,1H3,(H,19,20,21). The summed E-state index contributed by atoms with van der Waals surface area (Å²) in [5, 5.41) is 3.80. The monoisotopic (exact) mass is 356 g/mol. The fourth-order valence-electron chi connectivity index (χ4n) is 2.25. The van der Waals surface area contributed by atoms with Crippen LogP contribution < -0.4 is 10.1 Å². The van der Waals surface area contributed by atoms with Gasteiger partial charge >= 0.3 is 0 Å². The predicted octanol–water partition coefficient (Wildman–Crippen LogP) is 4.26. The van der Waals surface area contributed by atoms with Crippen molar-refractivity contribution in [2.24, 2.45) is 0 Å². The third kappa shape index (κ3) is 2.80. The van der Waals surface area contributed by atoms with Gasteiger partial charge in [0.1, 0.15) is 5.75 Å². The number of ether oxygens (including phenoxy) is 1. The third-order valence-electron chi connectivity index (χ3n) is 3.30. The molecule has 0 saturated carbocycles. The molecule has 1 aromatic heterocycles. The van der Waals surface area contributed by atoms with E-state index >= 15 is 0 Å². The molecule has 1 amide bonds. The van der Waals surface area contributed by atoms with Crippen LogP contribution in [0.2, 0.25) is 0 Å². The Labute approximate surface area is 136 Å². The number of amides is 1. The highest BCUT2D eigenvalue weighted by Gasteiger charge is 2.13. The van der Waals surface area contributed by atoms with Crippen LogP contribution in [0.4, 0.5) is 5.69 Å². The minimum Gasteiger partial charge on any atom is -0.496 e. The Hall–Kier alpha value is -2.40. The molecule has 0 saturated heterocycles. The van der Waals surface area contributed by atoms with Crippen LogP contribution in [0.25, 0.3) is 10.9 Å². The largest absolute Gasteiger partial charge is 0.496 e. The zero-order valence-electron chi connectivity index (χ0n) is 11.8. The first-order chi connectivity index (χ1) is 10.7. The summed E-state index contributed by atoms with van der Waals surface area (Å²) >= 11 is 3.44. The number of pyridine rings is 1. The molecule has 0 spiro atoms. The number of halogens is 1. The number of benzene rings is 2. The van der Waals surface area contributed by atoms with Gasteiger partial charge in [-0.1, -0.05) is 28.1 Å². The molecule has 0 radical (unpaired) electrons. The van der Waals surface area contributed by atoms with Crippen molar-refractivity contribution in [3.8, 4) is 5.75 Å². The highest BCUT2D eigenvalue weighted by atomic mass is 79.9. The molecule has 22 heavy (non-hydrogen) atoms. The number of hydrogen-bond acceptors (Lipinski definition) is 3. The zero-order valence-corrected chi connectivity index (χ0v) is 13.4. The summed E-state index contributed by atoms with van der Waals surface area (Å²) in [5.74, 6) is 0.324. The van der Waals surface area contributed by atoms with Crippen molar-refractivity contribution in [3.63, 3.8) is 0 Å². The zero-order chi connectivity index (χ0) is 15.5. The van der Waals surface area contributed by atoms with E-state index in [2.05, 4.69) is 26.2 Å². The van der Waals surface area contributed by atoms with Gasteiger partial charge < -0.3 is 10.1 Å². The highest BCUT2D eigenvalue weighted by molar-refractivity contribution is 9.10. The molecule has 0 aliphatic heterocycles. The summed E-state index contributed by atoms with van der Waals surface area (Å²) in [6, 6.07) is 14.7. The van der Waals surface area contributed by atoms with E-state index in [1.807, 2.05) is 24.3 Å². The summed E-state index contributed by atoms with van der Waals surface area (Å²) in [5.41, 5.74) is 2.02. The lowest BCUT2D eigenvalue weighted by molar-refractivity contribution is 0.102. The summed E-state index contributed by atoms with van der Waals surface area (Å²) in [4.78, 5) is 16.8. The van der Waals surface area contributed by atoms with Crippen molar-refractivity contribution in [2.75, 3.05) is 12.4 Å². The first-order valence-electron chi connectivity index (χ1n) is 6.67. The van der Waals surface area contributed by atoms with Crippen molar-refractivity contribution in [3.05, 3.63) is 64.8 Å². The molecule has 0 bridgehead atoms. The van der Waals surface area contributed by atoms with Crippen molar-refractivity contribution in [1.82, 2.24) is 4.98 Å². The molecule has 1 heterocycles. The molecule has 3 aromatic rings. The fourth-order valence-corrected chi connectivity index (χ4v) is 2.61. The van der Waals surface area contributed by atoms with Crippen LogP contribution in [-0.4, -0.2) is 18.0 Å². The van der Waals surface area contributed by atoms with Crippen molar-refractivity contribution in [1.29, 1.82) is 0 Å². The molecule has 2 aromatic carbocycles. The summed E-state index contributed by atoms with van der Waals surface area (Å²) in [7, 11) is 1.55. The number of anilines is 1. The van der Waals surface area contributed by atoms with Gasteiger partial charge in [0, 0.05) is 16.1 Å². The van der Waals surface area contributed by atoms with Crippen LogP contribution in [0.15, 0.2) is 59.2 Å². The second-order valence-corrected chi connectivity index (χ2v) is 5.59. The molecular weight excluding hydrogens is 344 g/mol. The Bertz CT molecular complexity index is 849. The van der Waals surface area contributed by atoms with Crippen LogP contribution in [-0.2, 0) is 0 Å². The van der Waals surface area contributed by atoms with Crippen LogP contribution in [0.1, 0.15) is 10.4 Å². The van der Waals surface area contributed by atoms with Gasteiger partial charge in [0.15, 0.2) is 0 Å². The molecule has 0 unspecified atom stereocenters. The summed E-state index contributed by atoms with van der Waals surface area (Å²) < 4.78 is 6.16. The number of carbonyl (C=O) groups excluding carboxylic acids is 1. The van der Waals surface area contributed by atoms with Crippen LogP contribution in [0, 0.1) is 0 Å². The average molecular weight is 357 g/mol. The predicted molar refractivity (Wildman–Crippen MR) is 90.4 cm³/mol. The molecule has 0 atom stereocenters. The van der Waals surface area contributed by atoms with E-state index < -0.39 is 0 Å². The Morgan fingerprint density at radius 1 is 1.18 bits per heavy atom. The van der Waals surface area contributed by atoms with Gasteiger partial charge in [0.05, 0.1) is 23.9 Å². The van der Waals surface area contributed by atoms with E-state index in [1.165, 1.54) is 0 Å². The average Bonchev–Trinajstić information content (AvgIpc) is 2.55. The van der Waals surface area contributed by atoms with E-state index in [1.54, 1.807) is 37.6 Å². The highest BCUT2D eigenvalue weighted by Crippen LogP contribution is 2.26. The number of fused-ring (bicyclic) bond motifs is 1. The number of rotatable bonds is 3.